The van der Waals surface area contributed by atoms with Gasteiger partial charge in [-0.15, -0.1) is 0 Å². The minimum Gasteiger partial charge on any atom is -0.550 e. The van der Waals surface area contributed by atoms with Gasteiger partial charge in [0, 0.05) is 12.4 Å². The van der Waals surface area contributed by atoms with Crippen LogP contribution >= 0.6 is 0 Å². The molecule has 0 aromatic carbocycles. The number of esters is 1. The molecule has 0 aliphatic heterocycles. The molecule has 24 heavy (non-hydrogen) atoms. The molecule has 0 heterocycles. The zero-order chi connectivity index (χ0) is 18.9. The summed E-state index contributed by atoms with van der Waals surface area (Å²) in [5.41, 5.74) is 0. The predicted molar refractivity (Wildman–Crippen MR) is 51.9 cm³/mol. The van der Waals surface area contributed by atoms with Gasteiger partial charge >= 0.3 is 53.5 Å². The number of aliphatic carboxylic acids is 1. The van der Waals surface area contributed by atoms with Crippen molar-refractivity contribution in [3.05, 3.63) is 0 Å². The summed E-state index contributed by atoms with van der Waals surface area (Å²) in [7, 11) is -5.75. The molecule has 0 aliphatic carbocycles. The van der Waals surface area contributed by atoms with Crippen LogP contribution in [0.5, 0.6) is 0 Å². The van der Waals surface area contributed by atoms with Gasteiger partial charge in [-0.25, -0.2) is 4.39 Å². The number of alkyl halides is 7. The molecule has 0 aromatic heterocycles. The Bertz CT molecular complexity index is 579. The van der Waals surface area contributed by atoms with Crippen LogP contribution in [0, 0.1) is 0 Å². The zero-order valence-corrected chi connectivity index (χ0v) is 14.3. The number of carbonyl (C=O) groups is 2. The van der Waals surface area contributed by atoms with Crippen molar-refractivity contribution in [2.45, 2.75) is 29.6 Å². The Hall–Kier alpha value is -0.640. The molecule has 0 saturated heterocycles. The first kappa shape index (κ1) is 25.6. The molecule has 0 spiro atoms. The number of rotatable bonds is 8. The predicted octanol–water partition coefficient (Wildman–Crippen LogP) is -3.24. The first-order valence-corrected chi connectivity index (χ1v) is 6.58. The Labute approximate surface area is 151 Å². The topological polar surface area (TPSA) is 121 Å². The summed E-state index contributed by atoms with van der Waals surface area (Å²) in [5.74, 6) is -18.0. The van der Waals surface area contributed by atoms with Gasteiger partial charge in [0.1, 0.15) is 0 Å². The number of halogens is 7. The summed E-state index contributed by atoms with van der Waals surface area (Å²) in [6, 6.07) is 0. The van der Waals surface area contributed by atoms with E-state index in [4.69, 9.17) is 4.55 Å². The molecule has 1 atom stereocenters. The molecule has 0 amide bonds. The van der Waals surface area contributed by atoms with Crippen molar-refractivity contribution in [1.82, 2.24) is 0 Å². The average molecular weight is 402 g/mol. The molecule has 7 nitrogen and oxygen atoms in total. The summed E-state index contributed by atoms with van der Waals surface area (Å²) >= 11 is 0. The van der Waals surface area contributed by atoms with Crippen LogP contribution in [-0.2, 0) is 24.4 Å². The molecule has 0 aliphatic rings. The van der Waals surface area contributed by atoms with Crippen LogP contribution < -0.4 is 34.7 Å². The Kier molecular flexibility index (Phi) is 8.70. The van der Waals surface area contributed by atoms with Gasteiger partial charge < -0.3 is 14.6 Å². The molecule has 0 saturated carbocycles. The van der Waals surface area contributed by atoms with Crippen LogP contribution in [0.4, 0.5) is 30.7 Å². The molecule has 136 valence electrons. The number of carboxylic acids is 1. The summed E-state index contributed by atoms with van der Waals surface area (Å²) in [6.07, 6.45) is -8.42. The van der Waals surface area contributed by atoms with Gasteiger partial charge in [0.25, 0.3) is 10.1 Å². The largest absolute Gasteiger partial charge is 1.00 e. The normalized spacial score (nSPS) is 14.5. The van der Waals surface area contributed by atoms with Crippen LogP contribution in [0.25, 0.3) is 0 Å². The van der Waals surface area contributed by atoms with E-state index in [1.165, 1.54) is 0 Å². The van der Waals surface area contributed by atoms with Crippen molar-refractivity contribution in [3.8, 4) is 0 Å². The van der Waals surface area contributed by atoms with Crippen LogP contribution in [0.1, 0.15) is 6.42 Å². The number of hydrogen-bond donors (Lipinski definition) is 1. The smallest absolute Gasteiger partial charge is 0.550 e. The Morgan fingerprint density at radius 3 is 1.83 bits per heavy atom. The molecule has 0 aromatic rings. The van der Waals surface area contributed by atoms with Crippen LogP contribution in [0.3, 0.4) is 0 Å². The van der Waals surface area contributed by atoms with E-state index in [0.717, 1.165) is 0 Å². The van der Waals surface area contributed by atoms with Crippen molar-refractivity contribution in [3.63, 3.8) is 0 Å². The van der Waals surface area contributed by atoms with Crippen molar-refractivity contribution in [2.75, 3.05) is 6.67 Å². The zero-order valence-electron chi connectivity index (χ0n) is 11.4. The SMILES string of the molecule is O=C([O-])CC(C(=O)OC(F)(F)C(F)(F)C(F)(F)CF)S(=O)(=O)O.[Na+]. The second-order valence-electron chi connectivity index (χ2n) is 3.93. The number of carboxylic acid groups (broad SMARTS) is 1. The quantitative estimate of drug-likeness (QED) is 0.196. The summed E-state index contributed by atoms with van der Waals surface area (Å²) in [6.45, 7) is -3.28. The Morgan fingerprint density at radius 2 is 1.54 bits per heavy atom. The summed E-state index contributed by atoms with van der Waals surface area (Å²) in [5, 5.41) is 6.78. The third kappa shape index (κ3) is 5.72. The Morgan fingerprint density at radius 1 is 1.12 bits per heavy atom. The maximum absolute atomic E-state index is 12.9. The molecule has 0 rings (SSSR count). The third-order valence-electron chi connectivity index (χ3n) is 2.20. The van der Waals surface area contributed by atoms with Gasteiger partial charge in [-0.05, 0) is 0 Å². The standard InChI is InChI=1S/C8H7F7O7S.Na/c9-2-6(10,11)7(12,13)8(14,15)22-5(18)3(1-4(16)17)23(19,20)21;/h3H,1-2H2,(H,16,17)(H,19,20,21);/q;+1/p-1. The number of carbonyl (C=O) groups excluding carboxylic acids is 2. The second kappa shape index (κ2) is 8.16. The van der Waals surface area contributed by atoms with Gasteiger partial charge in [0.15, 0.2) is 11.9 Å². The van der Waals surface area contributed by atoms with Crippen LogP contribution in [0.15, 0.2) is 0 Å². The molecule has 0 fully saturated rings. The van der Waals surface area contributed by atoms with Gasteiger partial charge in [-0.1, -0.05) is 0 Å². The fraction of sp³-hybridized carbons (Fsp3) is 0.750. The van der Waals surface area contributed by atoms with E-state index in [9.17, 15) is 53.8 Å². The van der Waals surface area contributed by atoms with Crippen molar-refractivity contribution in [1.29, 1.82) is 0 Å². The maximum Gasteiger partial charge on any atom is 1.00 e. The van der Waals surface area contributed by atoms with Crippen LogP contribution in [0.2, 0.25) is 0 Å². The number of hydrogen-bond acceptors (Lipinski definition) is 6. The monoisotopic (exact) mass is 402 g/mol. The van der Waals surface area contributed by atoms with E-state index in [0.29, 0.717) is 0 Å². The first-order chi connectivity index (χ1) is 9.99. The van der Waals surface area contributed by atoms with E-state index < -0.39 is 58.4 Å². The van der Waals surface area contributed by atoms with Gasteiger partial charge in [-0.2, -0.15) is 34.8 Å². The third-order valence-corrected chi connectivity index (χ3v) is 3.27. The van der Waals surface area contributed by atoms with Crippen molar-refractivity contribution < 1.29 is 92.7 Å². The molecule has 16 heteroatoms. The van der Waals surface area contributed by atoms with E-state index >= 15 is 0 Å². The fourth-order valence-corrected chi connectivity index (χ4v) is 1.65. The molecule has 1 N–H and O–H groups in total. The van der Waals surface area contributed by atoms with E-state index in [-0.39, 0.29) is 29.6 Å². The fourth-order valence-electron chi connectivity index (χ4n) is 1.01. The molecule has 1 unspecified atom stereocenters. The van der Waals surface area contributed by atoms with E-state index in [1.54, 1.807) is 0 Å². The van der Waals surface area contributed by atoms with Crippen LogP contribution in [-0.4, -0.2) is 54.8 Å². The van der Waals surface area contributed by atoms with Gasteiger partial charge in [0.2, 0.25) is 0 Å². The molecule has 0 radical (unpaired) electrons. The first-order valence-electron chi connectivity index (χ1n) is 5.08. The summed E-state index contributed by atoms with van der Waals surface area (Å²) in [4.78, 5) is 21.1. The summed E-state index contributed by atoms with van der Waals surface area (Å²) < 4.78 is 120. The average Bonchev–Trinajstić information content (AvgIpc) is 2.33. The van der Waals surface area contributed by atoms with Gasteiger partial charge in [0.05, 0.1) is 0 Å². The minimum absolute atomic E-state index is 0. The second-order valence-corrected chi connectivity index (χ2v) is 5.53. The van der Waals surface area contributed by atoms with E-state index in [2.05, 4.69) is 4.74 Å². The number of ether oxygens (including phenoxy) is 1. The molecular weight excluding hydrogens is 396 g/mol. The van der Waals surface area contributed by atoms with Crippen molar-refractivity contribution >= 4 is 22.1 Å². The molecule has 0 bridgehead atoms. The molecular formula is C8H6F7NaO7S. The Balaban J connectivity index is 0. The minimum atomic E-state index is -6.60. The van der Waals surface area contributed by atoms with Gasteiger partial charge in [-0.3, -0.25) is 9.35 Å². The maximum atomic E-state index is 12.9. The van der Waals surface area contributed by atoms with Crippen molar-refractivity contribution in [2.24, 2.45) is 0 Å². The van der Waals surface area contributed by atoms with E-state index in [1.807, 2.05) is 0 Å².